The van der Waals surface area contributed by atoms with Gasteiger partial charge in [0.15, 0.2) is 11.5 Å². The lowest BCUT2D eigenvalue weighted by Crippen LogP contribution is -2.46. The van der Waals surface area contributed by atoms with Gasteiger partial charge >= 0.3 is 0 Å². The molecule has 0 fully saturated rings. The second-order valence-corrected chi connectivity index (χ2v) is 7.51. The molecule has 0 radical (unpaired) electrons. The summed E-state index contributed by atoms with van der Waals surface area (Å²) in [5.74, 6) is 1.60. The van der Waals surface area contributed by atoms with Crippen molar-refractivity contribution in [3.8, 4) is 11.5 Å². The van der Waals surface area contributed by atoms with Crippen molar-refractivity contribution in [1.29, 1.82) is 0 Å². The van der Waals surface area contributed by atoms with Gasteiger partial charge < -0.3 is 19.7 Å². The molecule has 0 bridgehead atoms. The van der Waals surface area contributed by atoms with Crippen LogP contribution in [0.25, 0.3) is 0 Å². The van der Waals surface area contributed by atoms with Crippen LogP contribution in [0.4, 0.5) is 0 Å². The second-order valence-electron chi connectivity index (χ2n) is 7.51. The molecule has 5 nitrogen and oxygen atoms in total. The third-order valence-electron chi connectivity index (χ3n) is 4.93. The summed E-state index contributed by atoms with van der Waals surface area (Å²) < 4.78 is 10.7. The number of ether oxygens (including phenoxy) is 2. The number of carbonyl (C=O) groups excluding carboxylic acids is 1. The molecule has 1 N–H and O–H groups in total. The molecule has 0 aliphatic carbocycles. The number of rotatable bonds is 5. The topological polar surface area (TPSA) is 50.8 Å². The summed E-state index contributed by atoms with van der Waals surface area (Å²) in [5, 5.41) is 3.35. The van der Waals surface area contributed by atoms with Crippen molar-refractivity contribution in [3.63, 3.8) is 0 Å². The lowest BCUT2D eigenvalue weighted by molar-refractivity contribution is -0.131. The van der Waals surface area contributed by atoms with Crippen LogP contribution in [0, 0.1) is 5.41 Å². The van der Waals surface area contributed by atoms with Crippen LogP contribution >= 0.6 is 0 Å². The number of amides is 1. The summed E-state index contributed by atoms with van der Waals surface area (Å²) in [6, 6.07) is 4.29. The Bertz CT molecular complexity index is 593. The summed E-state index contributed by atoms with van der Waals surface area (Å²) in [5.41, 5.74) is 2.50. The monoisotopic (exact) mass is 334 g/mol. The molecule has 1 aliphatic rings. The van der Waals surface area contributed by atoms with Crippen LogP contribution < -0.4 is 14.8 Å². The second kappa shape index (κ2) is 7.43. The van der Waals surface area contributed by atoms with E-state index in [1.807, 2.05) is 17.0 Å². The van der Waals surface area contributed by atoms with Gasteiger partial charge in [0, 0.05) is 19.1 Å². The van der Waals surface area contributed by atoms with Crippen molar-refractivity contribution in [2.45, 2.75) is 46.7 Å². The standard InChI is InChI=1S/C19H30N2O3/c1-13(19(2,3)4)20-11-18(22)21-8-7-14-9-16(23-5)17(24-6)10-15(14)12-21/h9-10,13,20H,7-8,11-12H2,1-6H3. The van der Waals surface area contributed by atoms with Gasteiger partial charge in [0.2, 0.25) is 5.91 Å². The number of benzene rings is 1. The molecule has 5 heteroatoms. The Hall–Kier alpha value is -1.75. The van der Waals surface area contributed by atoms with Crippen molar-refractivity contribution >= 4 is 5.91 Å². The number of nitrogens with zero attached hydrogens (tertiary/aromatic N) is 1. The van der Waals surface area contributed by atoms with Crippen molar-refractivity contribution in [1.82, 2.24) is 10.2 Å². The van der Waals surface area contributed by atoms with E-state index in [1.54, 1.807) is 14.2 Å². The molecule has 1 aliphatic heterocycles. The van der Waals surface area contributed by atoms with Crippen molar-refractivity contribution in [2.24, 2.45) is 5.41 Å². The van der Waals surface area contributed by atoms with Crippen LogP contribution in [0.1, 0.15) is 38.8 Å². The van der Waals surface area contributed by atoms with E-state index in [2.05, 4.69) is 33.0 Å². The van der Waals surface area contributed by atoms with E-state index in [9.17, 15) is 4.79 Å². The summed E-state index contributed by atoms with van der Waals surface area (Å²) in [6.45, 7) is 10.4. The molecule has 1 unspecified atom stereocenters. The van der Waals surface area contributed by atoms with E-state index in [-0.39, 0.29) is 17.4 Å². The number of hydrogen-bond donors (Lipinski definition) is 1. The molecule has 1 aromatic carbocycles. The maximum atomic E-state index is 12.5. The van der Waals surface area contributed by atoms with Crippen LogP contribution in [-0.4, -0.2) is 44.2 Å². The molecule has 1 heterocycles. The van der Waals surface area contributed by atoms with Gasteiger partial charge in [-0.05, 0) is 42.0 Å². The van der Waals surface area contributed by atoms with Crippen molar-refractivity contribution < 1.29 is 14.3 Å². The third-order valence-corrected chi connectivity index (χ3v) is 4.93. The van der Waals surface area contributed by atoms with Gasteiger partial charge in [0.25, 0.3) is 0 Å². The van der Waals surface area contributed by atoms with E-state index in [1.165, 1.54) is 5.56 Å². The fourth-order valence-electron chi connectivity index (χ4n) is 2.75. The fourth-order valence-corrected chi connectivity index (χ4v) is 2.75. The smallest absolute Gasteiger partial charge is 0.236 e. The van der Waals surface area contributed by atoms with E-state index >= 15 is 0 Å². The molecule has 1 atom stereocenters. The molecule has 0 saturated carbocycles. The molecule has 2 rings (SSSR count). The molecule has 24 heavy (non-hydrogen) atoms. The zero-order chi connectivity index (χ0) is 17.9. The fraction of sp³-hybridized carbons (Fsp3) is 0.632. The van der Waals surface area contributed by atoms with Gasteiger partial charge in [-0.1, -0.05) is 20.8 Å². The summed E-state index contributed by atoms with van der Waals surface area (Å²) in [7, 11) is 3.28. The number of hydrogen-bond acceptors (Lipinski definition) is 4. The lowest BCUT2D eigenvalue weighted by Gasteiger charge is -2.32. The van der Waals surface area contributed by atoms with Crippen molar-refractivity contribution in [3.05, 3.63) is 23.3 Å². The summed E-state index contributed by atoms with van der Waals surface area (Å²) >= 11 is 0. The van der Waals surface area contributed by atoms with Gasteiger partial charge in [-0.15, -0.1) is 0 Å². The third kappa shape index (κ3) is 4.20. The van der Waals surface area contributed by atoms with Crippen LogP contribution in [0.3, 0.4) is 0 Å². The molecule has 0 aromatic heterocycles. The minimum absolute atomic E-state index is 0.138. The van der Waals surface area contributed by atoms with Crippen LogP contribution in [0.15, 0.2) is 12.1 Å². The minimum atomic E-state index is 0.138. The normalized spacial score (nSPS) is 15.7. The van der Waals surface area contributed by atoms with Gasteiger partial charge in [-0.3, -0.25) is 4.79 Å². The molecular formula is C19H30N2O3. The highest BCUT2D eigenvalue weighted by molar-refractivity contribution is 5.78. The van der Waals surface area contributed by atoms with Gasteiger partial charge in [-0.2, -0.15) is 0 Å². The molecule has 0 spiro atoms. The van der Waals surface area contributed by atoms with Crippen LogP contribution in [0.2, 0.25) is 0 Å². The average Bonchev–Trinajstić information content (AvgIpc) is 2.56. The van der Waals surface area contributed by atoms with E-state index in [0.29, 0.717) is 18.8 Å². The quantitative estimate of drug-likeness (QED) is 0.899. The minimum Gasteiger partial charge on any atom is -0.493 e. The number of methoxy groups -OCH3 is 2. The first-order chi connectivity index (χ1) is 11.3. The summed E-state index contributed by atoms with van der Waals surface area (Å²) in [4.78, 5) is 14.4. The van der Waals surface area contributed by atoms with E-state index < -0.39 is 0 Å². The highest BCUT2D eigenvalue weighted by Gasteiger charge is 2.25. The van der Waals surface area contributed by atoms with Gasteiger partial charge in [-0.25, -0.2) is 0 Å². The van der Waals surface area contributed by atoms with E-state index in [0.717, 1.165) is 24.3 Å². The summed E-state index contributed by atoms with van der Waals surface area (Å²) in [6.07, 6.45) is 0.844. The molecule has 1 aromatic rings. The molecular weight excluding hydrogens is 304 g/mol. The Kier molecular flexibility index (Phi) is 5.75. The largest absolute Gasteiger partial charge is 0.493 e. The Morgan fingerprint density at radius 3 is 2.33 bits per heavy atom. The number of carbonyl (C=O) groups is 1. The predicted molar refractivity (Wildman–Crippen MR) is 95.6 cm³/mol. The van der Waals surface area contributed by atoms with Gasteiger partial charge in [0.1, 0.15) is 0 Å². The van der Waals surface area contributed by atoms with Crippen LogP contribution in [0.5, 0.6) is 11.5 Å². The Morgan fingerprint density at radius 1 is 1.21 bits per heavy atom. The first-order valence-electron chi connectivity index (χ1n) is 8.51. The zero-order valence-electron chi connectivity index (χ0n) is 15.7. The molecule has 1 amide bonds. The lowest BCUT2D eigenvalue weighted by atomic mass is 9.88. The van der Waals surface area contributed by atoms with Crippen molar-refractivity contribution in [2.75, 3.05) is 27.3 Å². The molecule has 134 valence electrons. The highest BCUT2D eigenvalue weighted by Crippen LogP contribution is 2.33. The SMILES string of the molecule is COc1cc2c(cc1OC)CN(C(=O)CNC(C)C(C)(C)C)CC2. The first kappa shape index (κ1) is 18.6. The Labute approximate surface area is 145 Å². The highest BCUT2D eigenvalue weighted by atomic mass is 16.5. The number of fused-ring (bicyclic) bond motifs is 1. The molecule has 0 saturated heterocycles. The number of nitrogens with one attached hydrogen (secondary N) is 1. The van der Waals surface area contributed by atoms with Crippen LogP contribution in [-0.2, 0) is 17.8 Å². The van der Waals surface area contributed by atoms with E-state index in [4.69, 9.17) is 9.47 Å². The zero-order valence-corrected chi connectivity index (χ0v) is 15.7. The van der Waals surface area contributed by atoms with Gasteiger partial charge in [0.05, 0.1) is 20.8 Å². The Balaban J connectivity index is 2.03. The predicted octanol–water partition coefficient (Wildman–Crippen LogP) is 2.61. The Morgan fingerprint density at radius 2 is 1.79 bits per heavy atom. The maximum absolute atomic E-state index is 12.5. The first-order valence-corrected chi connectivity index (χ1v) is 8.51. The maximum Gasteiger partial charge on any atom is 0.236 e. The average molecular weight is 334 g/mol.